The topological polar surface area (TPSA) is 71.4 Å². The van der Waals surface area contributed by atoms with Gasteiger partial charge in [-0.05, 0) is 29.2 Å². The molecule has 0 heterocycles. The van der Waals surface area contributed by atoms with Crippen LogP contribution in [0.4, 0.5) is 0 Å². The number of aliphatic carboxylic acids is 1. The standard InChI is InChI=1S/C31H32O4P2/c1-31(30(32)33,36(34,22-26-14-6-2-7-15-26)23-27-16-8-3-9-17-27)37(35,24-28-18-10-4-11-19-28)25-29-20-12-5-13-21-29/h2-21H,22-25H2,1H3,(H,32,33). The van der Waals surface area contributed by atoms with Crippen molar-refractivity contribution in [1.29, 1.82) is 0 Å². The molecule has 4 aromatic rings. The normalized spacial score (nSPS) is 12.2. The van der Waals surface area contributed by atoms with Gasteiger partial charge in [-0.1, -0.05) is 121 Å². The van der Waals surface area contributed by atoms with E-state index < -0.39 is 25.2 Å². The minimum atomic E-state index is -3.70. The Balaban J connectivity index is 1.91. The number of carboxylic acids is 1. The van der Waals surface area contributed by atoms with Gasteiger partial charge in [0.2, 0.25) is 0 Å². The van der Waals surface area contributed by atoms with Gasteiger partial charge in [0.25, 0.3) is 0 Å². The van der Waals surface area contributed by atoms with Crippen molar-refractivity contribution in [2.45, 2.75) is 36.5 Å². The molecule has 190 valence electrons. The summed E-state index contributed by atoms with van der Waals surface area (Å²) in [7, 11) is -7.40. The molecule has 0 atom stereocenters. The lowest BCUT2D eigenvalue weighted by molar-refractivity contribution is -0.137. The average Bonchev–Trinajstić information content (AvgIpc) is 2.90. The van der Waals surface area contributed by atoms with E-state index in [9.17, 15) is 9.90 Å². The summed E-state index contributed by atoms with van der Waals surface area (Å²) >= 11 is 0. The molecule has 0 saturated heterocycles. The van der Waals surface area contributed by atoms with E-state index in [1.54, 1.807) is 0 Å². The molecular weight excluding hydrogens is 498 g/mol. The maximum absolute atomic E-state index is 15.3. The molecule has 0 aliphatic rings. The highest BCUT2D eigenvalue weighted by atomic mass is 31.2. The quantitative estimate of drug-likeness (QED) is 0.198. The zero-order chi connectivity index (χ0) is 26.4. The van der Waals surface area contributed by atoms with Crippen molar-refractivity contribution in [3.8, 4) is 0 Å². The first-order chi connectivity index (χ1) is 17.8. The van der Waals surface area contributed by atoms with Crippen molar-refractivity contribution >= 4 is 20.3 Å². The van der Waals surface area contributed by atoms with Crippen molar-refractivity contribution < 1.29 is 19.0 Å². The lowest BCUT2D eigenvalue weighted by Crippen LogP contribution is -2.37. The number of hydrogen-bond donors (Lipinski definition) is 1. The fraction of sp³-hybridized carbons (Fsp3) is 0.194. The number of carbonyl (C=O) groups is 1. The van der Waals surface area contributed by atoms with E-state index in [0.717, 1.165) is 22.3 Å². The zero-order valence-corrected chi connectivity index (χ0v) is 22.7. The number of rotatable bonds is 11. The van der Waals surface area contributed by atoms with Crippen molar-refractivity contribution in [3.63, 3.8) is 0 Å². The second kappa shape index (κ2) is 11.5. The van der Waals surface area contributed by atoms with Crippen LogP contribution in [-0.2, 0) is 38.6 Å². The van der Waals surface area contributed by atoms with Crippen LogP contribution in [0.3, 0.4) is 0 Å². The third-order valence-corrected chi connectivity index (χ3v) is 16.4. The van der Waals surface area contributed by atoms with E-state index in [1.807, 2.05) is 121 Å². The second-order valence-electron chi connectivity index (χ2n) is 9.68. The summed E-state index contributed by atoms with van der Waals surface area (Å²) in [4.78, 5) is 11.4. The maximum atomic E-state index is 15.3. The molecule has 0 aliphatic heterocycles. The van der Waals surface area contributed by atoms with Gasteiger partial charge in [-0.3, -0.25) is 4.79 Å². The molecule has 0 radical (unpaired) electrons. The van der Waals surface area contributed by atoms with Gasteiger partial charge in [-0.15, -0.1) is 0 Å². The van der Waals surface area contributed by atoms with Gasteiger partial charge >= 0.3 is 5.97 Å². The van der Waals surface area contributed by atoms with Crippen LogP contribution >= 0.6 is 14.3 Å². The Morgan fingerprint density at radius 2 is 0.757 bits per heavy atom. The molecule has 0 aromatic heterocycles. The van der Waals surface area contributed by atoms with Crippen molar-refractivity contribution in [2.24, 2.45) is 0 Å². The molecule has 0 amide bonds. The van der Waals surface area contributed by atoms with Crippen LogP contribution in [-0.4, -0.2) is 16.0 Å². The minimum absolute atomic E-state index is 0.0547. The molecule has 1 N–H and O–H groups in total. The Bertz CT molecular complexity index is 1210. The van der Waals surface area contributed by atoms with Crippen LogP contribution in [0.15, 0.2) is 121 Å². The third kappa shape index (κ3) is 5.87. The Morgan fingerprint density at radius 3 is 0.946 bits per heavy atom. The van der Waals surface area contributed by atoms with E-state index in [1.165, 1.54) is 6.92 Å². The molecule has 0 aliphatic carbocycles. The minimum Gasteiger partial charge on any atom is -0.480 e. The first-order valence-electron chi connectivity index (χ1n) is 12.3. The van der Waals surface area contributed by atoms with Gasteiger partial charge in [0.1, 0.15) is 14.3 Å². The molecule has 4 aromatic carbocycles. The van der Waals surface area contributed by atoms with Gasteiger partial charge in [0, 0.05) is 24.6 Å². The van der Waals surface area contributed by atoms with Crippen LogP contribution < -0.4 is 0 Å². The Labute approximate surface area is 219 Å². The molecule has 4 nitrogen and oxygen atoms in total. The summed E-state index contributed by atoms with van der Waals surface area (Å²) in [5.74, 6) is -1.27. The number of carboxylic acid groups (broad SMARTS) is 1. The van der Waals surface area contributed by atoms with E-state index in [-0.39, 0.29) is 24.6 Å². The molecular formula is C31H32O4P2. The van der Waals surface area contributed by atoms with Gasteiger partial charge < -0.3 is 14.2 Å². The van der Waals surface area contributed by atoms with Crippen LogP contribution in [0.25, 0.3) is 0 Å². The highest BCUT2D eigenvalue weighted by molar-refractivity contribution is 7.83. The Morgan fingerprint density at radius 1 is 0.541 bits per heavy atom. The zero-order valence-electron chi connectivity index (χ0n) is 20.9. The predicted molar refractivity (Wildman–Crippen MR) is 152 cm³/mol. The third-order valence-electron chi connectivity index (χ3n) is 7.12. The summed E-state index contributed by atoms with van der Waals surface area (Å²) in [5.41, 5.74) is 3.11. The van der Waals surface area contributed by atoms with Crippen LogP contribution in [0.1, 0.15) is 29.2 Å². The van der Waals surface area contributed by atoms with Crippen molar-refractivity contribution in [1.82, 2.24) is 0 Å². The fourth-order valence-electron chi connectivity index (χ4n) is 4.92. The molecule has 6 heteroatoms. The molecule has 37 heavy (non-hydrogen) atoms. The SMILES string of the molecule is CC(C(=O)O)(P(=O)(Cc1ccccc1)Cc1ccccc1)P(=O)(Cc1ccccc1)Cc1ccccc1. The first-order valence-corrected chi connectivity index (χ1v) is 16.5. The summed E-state index contributed by atoms with van der Waals surface area (Å²) in [6, 6.07) is 37.2. The van der Waals surface area contributed by atoms with Gasteiger partial charge in [0.15, 0.2) is 4.90 Å². The highest BCUT2D eigenvalue weighted by Crippen LogP contribution is 2.80. The maximum Gasteiger partial charge on any atom is 0.324 e. The average molecular weight is 531 g/mol. The fourth-order valence-corrected chi connectivity index (χ4v) is 13.8. The van der Waals surface area contributed by atoms with E-state index in [0.29, 0.717) is 0 Å². The monoisotopic (exact) mass is 530 g/mol. The largest absolute Gasteiger partial charge is 0.480 e. The van der Waals surface area contributed by atoms with Gasteiger partial charge in [-0.2, -0.15) is 0 Å². The first kappa shape index (κ1) is 26.9. The summed E-state index contributed by atoms with van der Waals surface area (Å²) in [6.07, 6.45) is 0.219. The van der Waals surface area contributed by atoms with E-state index in [4.69, 9.17) is 0 Å². The molecule has 0 fully saturated rings. The van der Waals surface area contributed by atoms with Crippen molar-refractivity contribution in [2.75, 3.05) is 0 Å². The lowest BCUT2D eigenvalue weighted by Gasteiger charge is -2.41. The predicted octanol–water partition coefficient (Wildman–Crippen LogP) is 8.31. The van der Waals surface area contributed by atoms with Gasteiger partial charge in [0.05, 0.1) is 0 Å². The highest BCUT2D eigenvalue weighted by Gasteiger charge is 2.61. The summed E-state index contributed by atoms with van der Waals surface area (Å²) in [5, 5.41) is 10.9. The molecule has 0 spiro atoms. The smallest absolute Gasteiger partial charge is 0.324 e. The lowest BCUT2D eigenvalue weighted by atomic mass is 10.2. The summed E-state index contributed by atoms with van der Waals surface area (Å²) in [6.45, 7) is 1.48. The summed E-state index contributed by atoms with van der Waals surface area (Å²) < 4.78 is 30.6. The number of hydrogen-bond acceptors (Lipinski definition) is 3. The van der Waals surface area contributed by atoms with E-state index >= 15 is 9.13 Å². The van der Waals surface area contributed by atoms with Gasteiger partial charge in [-0.25, -0.2) is 0 Å². The molecule has 0 unspecified atom stereocenters. The van der Waals surface area contributed by atoms with E-state index in [2.05, 4.69) is 0 Å². The molecule has 0 saturated carbocycles. The van der Waals surface area contributed by atoms with Crippen LogP contribution in [0.2, 0.25) is 0 Å². The number of benzene rings is 4. The Kier molecular flexibility index (Phi) is 8.32. The van der Waals surface area contributed by atoms with Crippen LogP contribution in [0.5, 0.6) is 0 Å². The molecule has 4 rings (SSSR count). The second-order valence-corrected chi connectivity index (χ2v) is 16.6. The molecule has 0 bridgehead atoms. The Hall–Kier alpha value is -3.19. The van der Waals surface area contributed by atoms with Crippen molar-refractivity contribution in [3.05, 3.63) is 144 Å². The van der Waals surface area contributed by atoms with Crippen LogP contribution in [0, 0.1) is 0 Å².